The van der Waals surface area contributed by atoms with E-state index in [4.69, 9.17) is 9.47 Å². The third-order valence-electron chi connectivity index (χ3n) is 7.55. The lowest BCUT2D eigenvalue weighted by molar-refractivity contribution is -0.160. The number of carbonyl (C=O) groups is 5. The van der Waals surface area contributed by atoms with E-state index in [0.717, 1.165) is 16.9 Å². The highest BCUT2D eigenvalue weighted by Crippen LogP contribution is 2.53. The van der Waals surface area contributed by atoms with Crippen molar-refractivity contribution in [1.82, 2.24) is 4.90 Å². The molecule has 9 nitrogen and oxygen atoms in total. The number of esters is 2. The molecule has 0 aromatic heterocycles. The predicted molar refractivity (Wildman–Crippen MR) is 140 cm³/mol. The highest BCUT2D eigenvalue weighted by molar-refractivity contribution is 6.09. The number of rotatable bonds is 10. The molecule has 2 aromatic carbocycles. The van der Waals surface area contributed by atoms with Gasteiger partial charge in [0.25, 0.3) is 5.91 Å². The molecule has 1 saturated heterocycles. The van der Waals surface area contributed by atoms with E-state index in [2.05, 4.69) is 5.32 Å². The monoisotopic (exact) mass is 530 g/mol. The third-order valence-corrected chi connectivity index (χ3v) is 7.55. The molecule has 3 amide bonds. The number of carbonyl (C=O) groups excluding carboxylic acids is 5. The Kier molecular flexibility index (Phi) is 7.58. The maximum atomic E-state index is 13.4. The van der Waals surface area contributed by atoms with Gasteiger partial charge in [0.2, 0.25) is 11.8 Å². The average Bonchev–Trinajstić information content (AvgIpc) is 3.64. The van der Waals surface area contributed by atoms with Gasteiger partial charge in [-0.15, -0.1) is 0 Å². The fraction of sp³-hybridized carbons (Fsp3) is 0.367. The number of ether oxygens (including phenoxy) is 2. The van der Waals surface area contributed by atoms with Crippen LogP contribution in [0.25, 0.3) is 0 Å². The molecule has 2 bridgehead atoms. The number of fused-ring (bicyclic) bond motifs is 5. The van der Waals surface area contributed by atoms with Crippen LogP contribution in [0.2, 0.25) is 0 Å². The van der Waals surface area contributed by atoms with Gasteiger partial charge in [0.05, 0.1) is 24.0 Å². The Morgan fingerprint density at radius 2 is 1.56 bits per heavy atom. The van der Waals surface area contributed by atoms with E-state index in [-0.39, 0.29) is 30.1 Å². The van der Waals surface area contributed by atoms with E-state index in [0.29, 0.717) is 24.3 Å². The molecule has 5 atom stereocenters. The molecule has 2 aliphatic carbocycles. The number of amides is 3. The summed E-state index contributed by atoms with van der Waals surface area (Å²) in [7, 11) is 0. The minimum atomic E-state index is -1.17. The number of hydrogen-bond donors (Lipinski definition) is 1. The average molecular weight is 531 g/mol. The molecule has 39 heavy (non-hydrogen) atoms. The zero-order valence-corrected chi connectivity index (χ0v) is 21.6. The number of imide groups is 1. The number of nitrogens with zero attached hydrogens (tertiary/aromatic N) is 1. The van der Waals surface area contributed by atoms with Crippen molar-refractivity contribution in [2.45, 2.75) is 32.2 Å². The maximum Gasteiger partial charge on any atom is 0.338 e. The second-order valence-corrected chi connectivity index (χ2v) is 10.1. The number of allylic oxidation sites excluding steroid dienone is 2. The molecule has 0 unspecified atom stereocenters. The molecule has 0 spiro atoms. The van der Waals surface area contributed by atoms with Gasteiger partial charge in [-0.3, -0.25) is 19.3 Å². The molecule has 3 aliphatic rings. The lowest BCUT2D eigenvalue weighted by atomic mass is 9.85. The topological polar surface area (TPSA) is 119 Å². The van der Waals surface area contributed by atoms with Crippen molar-refractivity contribution >= 4 is 35.3 Å². The summed E-state index contributed by atoms with van der Waals surface area (Å²) in [6.45, 7) is 1.62. The molecule has 2 fully saturated rings. The molecule has 2 aromatic rings. The summed E-state index contributed by atoms with van der Waals surface area (Å²) in [5, 5.41) is 2.61. The smallest absolute Gasteiger partial charge is 0.338 e. The highest BCUT2D eigenvalue weighted by atomic mass is 16.5. The minimum absolute atomic E-state index is 0.0144. The van der Waals surface area contributed by atoms with Crippen molar-refractivity contribution in [3.8, 4) is 0 Å². The Balaban J connectivity index is 1.24. The van der Waals surface area contributed by atoms with E-state index in [1.807, 2.05) is 49.4 Å². The first kappa shape index (κ1) is 26.3. The minimum Gasteiger partial charge on any atom is -0.462 e. The number of likely N-dealkylation sites (tertiary alicyclic amines) is 1. The Morgan fingerprint density at radius 3 is 2.18 bits per heavy atom. The van der Waals surface area contributed by atoms with Crippen LogP contribution in [-0.4, -0.2) is 53.8 Å². The van der Waals surface area contributed by atoms with Crippen LogP contribution in [0.5, 0.6) is 0 Å². The number of benzene rings is 2. The van der Waals surface area contributed by atoms with Crippen molar-refractivity contribution in [3.63, 3.8) is 0 Å². The maximum absolute atomic E-state index is 13.4. The van der Waals surface area contributed by atoms with Gasteiger partial charge in [0, 0.05) is 12.1 Å². The Bertz CT molecular complexity index is 1270. The van der Waals surface area contributed by atoms with Gasteiger partial charge >= 0.3 is 11.9 Å². The van der Waals surface area contributed by atoms with Crippen molar-refractivity contribution in [2.75, 3.05) is 18.5 Å². The van der Waals surface area contributed by atoms with Crippen LogP contribution in [0.4, 0.5) is 5.69 Å². The van der Waals surface area contributed by atoms with E-state index in [1.165, 1.54) is 12.1 Å². The first-order chi connectivity index (χ1) is 18.9. The summed E-state index contributed by atoms with van der Waals surface area (Å²) >= 11 is 0. The summed E-state index contributed by atoms with van der Waals surface area (Å²) in [5.41, 5.74) is 1.52. The zero-order valence-electron chi connectivity index (χ0n) is 21.6. The van der Waals surface area contributed by atoms with Crippen molar-refractivity contribution in [3.05, 3.63) is 77.9 Å². The lowest BCUT2D eigenvalue weighted by Crippen LogP contribution is -2.48. The molecule has 1 saturated carbocycles. The molecular weight excluding hydrogens is 500 g/mol. The second kappa shape index (κ2) is 11.2. The van der Waals surface area contributed by atoms with Gasteiger partial charge in [-0.1, -0.05) is 49.4 Å². The summed E-state index contributed by atoms with van der Waals surface area (Å²) < 4.78 is 10.4. The van der Waals surface area contributed by atoms with E-state index < -0.39 is 42.3 Å². The van der Waals surface area contributed by atoms with E-state index in [9.17, 15) is 24.0 Å². The quantitative estimate of drug-likeness (QED) is 0.285. The normalized spacial score (nSPS) is 23.5. The number of nitrogens with one attached hydrogen (secondary N) is 1. The number of hydrogen-bond acceptors (Lipinski definition) is 7. The fourth-order valence-corrected chi connectivity index (χ4v) is 5.75. The Labute approximate surface area is 226 Å². The van der Waals surface area contributed by atoms with Crippen LogP contribution in [0.3, 0.4) is 0 Å². The summed E-state index contributed by atoms with van der Waals surface area (Å²) in [5.74, 6) is -3.41. The standard InChI is InChI=1S/C30H30N2O7/c1-2-14-38-29(36)19-10-12-22(13-11-19)31-24(33)17-39-30(37)23(15-18-6-4-3-5-7-18)32-27(34)25-20-8-9-21(16-20)26(25)28(32)35/h3-13,20-21,23,25-26H,2,14-17H2,1H3,(H,31,33)/t20-,21-,23-,25-,26-/m0/s1. The molecule has 5 rings (SSSR count). The largest absolute Gasteiger partial charge is 0.462 e. The molecule has 1 heterocycles. The molecule has 9 heteroatoms. The molecule has 0 radical (unpaired) electrons. The first-order valence-corrected chi connectivity index (χ1v) is 13.2. The molecule has 202 valence electrons. The summed E-state index contributed by atoms with van der Waals surface area (Å²) in [6, 6.07) is 14.1. The van der Waals surface area contributed by atoms with Gasteiger partial charge < -0.3 is 14.8 Å². The molecule has 1 N–H and O–H groups in total. The van der Waals surface area contributed by atoms with Crippen molar-refractivity contribution < 1.29 is 33.4 Å². The van der Waals surface area contributed by atoms with Crippen LogP contribution in [-0.2, 0) is 35.1 Å². The third kappa shape index (κ3) is 5.34. The lowest BCUT2D eigenvalue weighted by Gasteiger charge is -2.26. The van der Waals surface area contributed by atoms with Crippen molar-refractivity contribution in [1.29, 1.82) is 0 Å². The summed E-state index contributed by atoms with van der Waals surface area (Å²) in [4.78, 5) is 65.6. The zero-order chi connectivity index (χ0) is 27.5. The van der Waals surface area contributed by atoms with Gasteiger partial charge in [-0.2, -0.15) is 0 Å². The first-order valence-electron chi connectivity index (χ1n) is 13.2. The Morgan fingerprint density at radius 1 is 0.923 bits per heavy atom. The molecular formula is C30H30N2O7. The van der Waals surface area contributed by atoms with Crippen LogP contribution < -0.4 is 5.32 Å². The predicted octanol–water partition coefficient (Wildman–Crippen LogP) is 3.15. The van der Waals surface area contributed by atoms with Gasteiger partial charge in [0.15, 0.2) is 6.61 Å². The second-order valence-electron chi connectivity index (χ2n) is 10.1. The van der Waals surface area contributed by atoms with Crippen molar-refractivity contribution in [2.24, 2.45) is 23.7 Å². The highest BCUT2D eigenvalue weighted by Gasteiger charge is 2.61. The number of anilines is 1. The summed E-state index contributed by atoms with van der Waals surface area (Å²) in [6.07, 6.45) is 5.59. The van der Waals surface area contributed by atoms with Crippen LogP contribution in [0.15, 0.2) is 66.7 Å². The fourth-order valence-electron chi connectivity index (χ4n) is 5.75. The SMILES string of the molecule is CCCOC(=O)c1ccc(NC(=O)COC(=O)[C@H](Cc2ccccc2)N2C(=O)[C@@H]3[C@@H](C2=O)[C@H]2C=C[C@H]3C2)cc1. The van der Waals surface area contributed by atoms with E-state index in [1.54, 1.807) is 12.1 Å². The van der Waals surface area contributed by atoms with Crippen LogP contribution in [0.1, 0.15) is 35.7 Å². The van der Waals surface area contributed by atoms with Gasteiger partial charge in [-0.05, 0) is 54.5 Å². The van der Waals surface area contributed by atoms with Gasteiger partial charge in [-0.25, -0.2) is 9.59 Å². The van der Waals surface area contributed by atoms with Crippen LogP contribution in [0, 0.1) is 23.7 Å². The van der Waals surface area contributed by atoms with Crippen LogP contribution >= 0.6 is 0 Å². The Hall–Kier alpha value is -4.27. The van der Waals surface area contributed by atoms with E-state index >= 15 is 0 Å². The molecule has 1 aliphatic heterocycles. The van der Waals surface area contributed by atoms with Gasteiger partial charge in [0.1, 0.15) is 6.04 Å².